The van der Waals surface area contributed by atoms with Crippen molar-refractivity contribution in [2.24, 2.45) is 5.92 Å². The van der Waals surface area contributed by atoms with Crippen LogP contribution in [0.1, 0.15) is 17.9 Å². The number of rotatable bonds is 5. The molecule has 0 saturated heterocycles. The van der Waals surface area contributed by atoms with Gasteiger partial charge < -0.3 is 15.2 Å². The molecule has 1 aliphatic carbocycles. The summed E-state index contributed by atoms with van der Waals surface area (Å²) in [6, 6.07) is 17.9. The van der Waals surface area contributed by atoms with E-state index in [1.807, 2.05) is 53.2 Å². The fraction of sp³-hybridized carbons (Fsp3) is 0.238. The van der Waals surface area contributed by atoms with Crippen molar-refractivity contribution in [2.45, 2.75) is 18.9 Å². The number of anilines is 1. The average molecular weight is 347 g/mol. The largest absolute Gasteiger partial charge is 0.358 e. The topological polar surface area (TPSA) is 63.1 Å². The van der Waals surface area contributed by atoms with E-state index in [0.717, 1.165) is 23.0 Å². The molecular formula is C21H21N3O2. The van der Waals surface area contributed by atoms with Crippen LogP contribution in [0.4, 0.5) is 5.69 Å². The third kappa shape index (κ3) is 3.20. The van der Waals surface area contributed by atoms with E-state index in [1.54, 1.807) is 7.05 Å². The van der Waals surface area contributed by atoms with Gasteiger partial charge in [0.15, 0.2) is 0 Å². The Morgan fingerprint density at radius 3 is 2.69 bits per heavy atom. The number of nitrogens with zero attached hydrogens (tertiary/aromatic N) is 1. The van der Waals surface area contributed by atoms with E-state index in [2.05, 4.69) is 22.8 Å². The SMILES string of the molecule is CNC(=O)Cn1ccc2ccc(NC(=O)[C@@H]3C[C@@H]3c3ccccc3)cc21. The Morgan fingerprint density at radius 2 is 1.92 bits per heavy atom. The lowest BCUT2D eigenvalue weighted by Gasteiger charge is -2.08. The van der Waals surface area contributed by atoms with E-state index in [9.17, 15) is 9.59 Å². The van der Waals surface area contributed by atoms with Gasteiger partial charge in [0.1, 0.15) is 6.54 Å². The highest BCUT2D eigenvalue weighted by atomic mass is 16.2. The minimum absolute atomic E-state index is 0.0331. The fourth-order valence-electron chi connectivity index (χ4n) is 3.42. The van der Waals surface area contributed by atoms with Gasteiger partial charge >= 0.3 is 0 Å². The molecule has 0 aliphatic heterocycles. The van der Waals surface area contributed by atoms with Crippen molar-refractivity contribution >= 4 is 28.4 Å². The first-order valence-corrected chi connectivity index (χ1v) is 8.81. The van der Waals surface area contributed by atoms with Crippen LogP contribution < -0.4 is 10.6 Å². The lowest BCUT2D eigenvalue weighted by Crippen LogP contribution is -2.23. The van der Waals surface area contributed by atoms with Crippen LogP contribution in [0.3, 0.4) is 0 Å². The molecule has 26 heavy (non-hydrogen) atoms. The number of carbonyl (C=O) groups excluding carboxylic acids is 2. The van der Waals surface area contributed by atoms with Crippen molar-refractivity contribution in [1.82, 2.24) is 9.88 Å². The molecule has 5 nitrogen and oxygen atoms in total. The summed E-state index contributed by atoms with van der Waals surface area (Å²) in [5.41, 5.74) is 2.92. The molecule has 4 rings (SSSR count). The van der Waals surface area contributed by atoms with Gasteiger partial charge in [-0.15, -0.1) is 0 Å². The van der Waals surface area contributed by atoms with Crippen molar-refractivity contribution in [3.8, 4) is 0 Å². The first kappa shape index (κ1) is 16.4. The number of likely N-dealkylation sites (N-methyl/N-ethyl adjacent to an activating group) is 1. The number of fused-ring (bicyclic) bond motifs is 1. The molecule has 3 aromatic rings. The Bertz CT molecular complexity index is 962. The molecule has 0 spiro atoms. The predicted molar refractivity (Wildman–Crippen MR) is 102 cm³/mol. The first-order chi connectivity index (χ1) is 12.7. The molecule has 2 amide bonds. The van der Waals surface area contributed by atoms with E-state index in [1.165, 1.54) is 5.56 Å². The Kier molecular flexibility index (Phi) is 4.21. The third-order valence-electron chi connectivity index (χ3n) is 4.99. The van der Waals surface area contributed by atoms with Gasteiger partial charge in [-0.25, -0.2) is 0 Å². The van der Waals surface area contributed by atoms with Crippen molar-refractivity contribution in [2.75, 3.05) is 12.4 Å². The van der Waals surface area contributed by atoms with E-state index in [-0.39, 0.29) is 24.3 Å². The summed E-state index contributed by atoms with van der Waals surface area (Å²) in [5.74, 6) is 0.353. The van der Waals surface area contributed by atoms with Gasteiger partial charge in [-0.1, -0.05) is 36.4 Å². The minimum atomic E-state index is -0.0550. The van der Waals surface area contributed by atoms with Gasteiger partial charge in [-0.05, 0) is 41.5 Å². The van der Waals surface area contributed by atoms with Crippen molar-refractivity contribution in [3.05, 3.63) is 66.4 Å². The van der Waals surface area contributed by atoms with Crippen LogP contribution >= 0.6 is 0 Å². The predicted octanol–water partition coefficient (Wildman–Crippen LogP) is 3.13. The Balaban J connectivity index is 1.48. The zero-order chi connectivity index (χ0) is 18.1. The van der Waals surface area contributed by atoms with Crippen molar-refractivity contribution < 1.29 is 9.59 Å². The lowest BCUT2D eigenvalue weighted by atomic mass is 10.1. The summed E-state index contributed by atoms with van der Waals surface area (Å²) in [7, 11) is 1.62. The maximum absolute atomic E-state index is 12.6. The standard InChI is InChI=1S/C21H21N3O2/c1-22-20(25)13-24-10-9-15-7-8-16(11-19(15)24)23-21(26)18-12-17(18)14-5-3-2-4-6-14/h2-11,17-18H,12-13H2,1H3,(H,22,25)(H,23,26)/t17-,18-/m1/s1. The number of carbonyl (C=O) groups is 2. The number of nitrogens with one attached hydrogen (secondary N) is 2. The number of aromatic nitrogens is 1. The molecule has 2 aromatic carbocycles. The van der Waals surface area contributed by atoms with Gasteiger partial charge in [-0.3, -0.25) is 9.59 Å². The van der Waals surface area contributed by atoms with Gasteiger partial charge in [0.25, 0.3) is 0 Å². The maximum atomic E-state index is 12.6. The highest BCUT2D eigenvalue weighted by molar-refractivity contribution is 5.97. The van der Waals surface area contributed by atoms with E-state index in [4.69, 9.17) is 0 Å². The van der Waals surface area contributed by atoms with Crippen molar-refractivity contribution in [1.29, 1.82) is 0 Å². The molecule has 0 radical (unpaired) electrons. The lowest BCUT2D eigenvalue weighted by molar-refractivity contribution is -0.121. The minimum Gasteiger partial charge on any atom is -0.358 e. The molecule has 5 heteroatoms. The Labute approximate surface area is 152 Å². The molecule has 132 valence electrons. The molecule has 2 N–H and O–H groups in total. The van der Waals surface area contributed by atoms with E-state index in [0.29, 0.717) is 5.92 Å². The van der Waals surface area contributed by atoms with Crippen LogP contribution in [-0.4, -0.2) is 23.4 Å². The molecule has 1 aliphatic rings. The smallest absolute Gasteiger partial charge is 0.239 e. The summed E-state index contributed by atoms with van der Waals surface area (Å²) in [6.07, 6.45) is 2.78. The Morgan fingerprint density at radius 1 is 1.12 bits per heavy atom. The van der Waals surface area contributed by atoms with Gasteiger partial charge in [0.05, 0.1) is 5.52 Å². The molecule has 0 unspecified atom stereocenters. The number of hydrogen-bond donors (Lipinski definition) is 2. The molecule has 1 fully saturated rings. The van der Waals surface area contributed by atoms with Crippen LogP contribution in [0, 0.1) is 5.92 Å². The first-order valence-electron chi connectivity index (χ1n) is 8.81. The molecule has 1 saturated carbocycles. The molecular weight excluding hydrogens is 326 g/mol. The van der Waals surface area contributed by atoms with E-state index < -0.39 is 0 Å². The second kappa shape index (κ2) is 6.67. The maximum Gasteiger partial charge on any atom is 0.239 e. The van der Waals surface area contributed by atoms with Crippen LogP contribution in [0.2, 0.25) is 0 Å². The van der Waals surface area contributed by atoms with Gasteiger partial charge in [0.2, 0.25) is 11.8 Å². The summed E-state index contributed by atoms with van der Waals surface area (Å²) in [6.45, 7) is 0.260. The summed E-state index contributed by atoms with van der Waals surface area (Å²) < 4.78 is 1.88. The second-order valence-corrected chi connectivity index (χ2v) is 6.74. The second-order valence-electron chi connectivity index (χ2n) is 6.74. The average Bonchev–Trinajstić information content (AvgIpc) is 3.39. The molecule has 0 bridgehead atoms. The normalized spacial score (nSPS) is 18.5. The number of amides is 2. The molecule has 1 heterocycles. The monoisotopic (exact) mass is 347 g/mol. The van der Waals surface area contributed by atoms with Gasteiger partial charge in [0, 0.05) is 24.8 Å². The molecule has 1 aromatic heterocycles. The summed E-state index contributed by atoms with van der Waals surface area (Å²) in [4.78, 5) is 24.2. The number of benzene rings is 2. The van der Waals surface area contributed by atoms with Crippen LogP contribution in [0.5, 0.6) is 0 Å². The number of hydrogen-bond acceptors (Lipinski definition) is 2. The van der Waals surface area contributed by atoms with E-state index >= 15 is 0 Å². The molecule has 2 atom stereocenters. The summed E-state index contributed by atoms with van der Waals surface area (Å²) in [5, 5.41) is 6.70. The van der Waals surface area contributed by atoms with Crippen LogP contribution in [0.15, 0.2) is 60.8 Å². The van der Waals surface area contributed by atoms with Crippen molar-refractivity contribution in [3.63, 3.8) is 0 Å². The van der Waals surface area contributed by atoms with Crippen LogP contribution in [-0.2, 0) is 16.1 Å². The quantitative estimate of drug-likeness (QED) is 0.745. The zero-order valence-electron chi connectivity index (χ0n) is 14.6. The Hall–Kier alpha value is -3.08. The zero-order valence-corrected chi connectivity index (χ0v) is 14.6. The van der Waals surface area contributed by atoms with Crippen LogP contribution in [0.25, 0.3) is 10.9 Å². The fourth-order valence-corrected chi connectivity index (χ4v) is 3.42. The third-order valence-corrected chi connectivity index (χ3v) is 4.99. The van der Waals surface area contributed by atoms with Gasteiger partial charge in [-0.2, -0.15) is 0 Å². The highest BCUT2D eigenvalue weighted by Crippen LogP contribution is 2.47. The summed E-state index contributed by atoms with van der Waals surface area (Å²) >= 11 is 0. The highest BCUT2D eigenvalue weighted by Gasteiger charge is 2.43.